The van der Waals surface area contributed by atoms with E-state index < -0.39 is 0 Å². The fourth-order valence-electron chi connectivity index (χ4n) is 3.70. The molecule has 1 unspecified atom stereocenters. The van der Waals surface area contributed by atoms with Crippen LogP contribution in [0.5, 0.6) is 0 Å². The van der Waals surface area contributed by atoms with Crippen molar-refractivity contribution in [3.8, 4) is 0 Å². The van der Waals surface area contributed by atoms with Crippen molar-refractivity contribution >= 4 is 6.03 Å². The molecule has 0 radical (unpaired) electrons. The molecule has 7 heteroatoms. The lowest BCUT2D eigenvalue weighted by molar-refractivity contribution is 0.00215. The Morgan fingerprint density at radius 1 is 1.27 bits per heavy atom. The van der Waals surface area contributed by atoms with E-state index in [4.69, 9.17) is 9.26 Å². The number of rotatable bonds is 8. The van der Waals surface area contributed by atoms with Gasteiger partial charge in [-0.25, -0.2) is 4.79 Å². The van der Waals surface area contributed by atoms with Crippen molar-refractivity contribution in [2.24, 2.45) is 5.92 Å². The summed E-state index contributed by atoms with van der Waals surface area (Å²) in [6, 6.07) is 0.291. The lowest BCUT2D eigenvalue weighted by atomic mass is 9.92. The van der Waals surface area contributed by atoms with Gasteiger partial charge in [0.15, 0.2) is 0 Å². The van der Waals surface area contributed by atoms with E-state index >= 15 is 0 Å². The molecular weight excluding hydrogens is 332 g/mol. The Hall–Kier alpha value is -1.60. The summed E-state index contributed by atoms with van der Waals surface area (Å²) in [5.74, 6) is 1.34. The number of nitrogens with one attached hydrogen (secondary N) is 1. The van der Waals surface area contributed by atoms with Crippen LogP contribution in [0.2, 0.25) is 0 Å². The van der Waals surface area contributed by atoms with E-state index in [9.17, 15) is 4.79 Å². The number of carbonyl (C=O) groups excluding carboxylic acids is 1. The second-order valence-electron chi connectivity index (χ2n) is 7.14. The van der Waals surface area contributed by atoms with Crippen LogP contribution in [0.3, 0.4) is 0 Å². The van der Waals surface area contributed by atoms with Gasteiger partial charge < -0.3 is 19.5 Å². The van der Waals surface area contributed by atoms with Crippen molar-refractivity contribution in [1.29, 1.82) is 0 Å². The van der Waals surface area contributed by atoms with E-state index in [2.05, 4.69) is 29.2 Å². The summed E-state index contributed by atoms with van der Waals surface area (Å²) in [4.78, 5) is 16.8. The van der Waals surface area contributed by atoms with Gasteiger partial charge in [0.1, 0.15) is 5.76 Å². The SMILES string of the molecule is CCC(CC)C(CNC(=O)N(C)Cc1c(C)noc1C)N1CCOCC1. The van der Waals surface area contributed by atoms with Crippen LogP contribution in [0, 0.1) is 19.8 Å². The second-order valence-corrected chi connectivity index (χ2v) is 7.14. The predicted octanol–water partition coefficient (Wildman–Crippen LogP) is 2.57. The van der Waals surface area contributed by atoms with Crippen molar-refractivity contribution in [2.75, 3.05) is 39.9 Å². The van der Waals surface area contributed by atoms with Gasteiger partial charge in [0, 0.05) is 38.3 Å². The van der Waals surface area contributed by atoms with E-state index in [0.29, 0.717) is 25.0 Å². The van der Waals surface area contributed by atoms with Gasteiger partial charge in [0.2, 0.25) is 0 Å². The summed E-state index contributed by atoms with van der Waals surface area (Å²) in [6.07, 6.45) is 2.23. The minimum atomic E-state index is -0.0609. The van der Waals surface area contributed by atoms with Crippen molar-refractivity contribution < 1.29 is 14.1 Å². The summed E-state index contributed by atoms with van der Waals surface area (Å²) in [5.41, 5.74) is 1.82. The fourth-order valence-corrected chi connectivity index (χ4v) is 3.70. The number of nitrogens with zero attached hydrogens (tertiary/aromatic N) is 3. The monoisotopic (exact) mass is 366 g/mol. The number of amides is 2. The predicted molar refractivity (Wildman–Crippen MR) is 101 cm³/mol. The smallest absolute Gasteiger partial charge is 0.317 e. The molecule has 1 aliphatic heterocycles. The van der Waals surface area contributed by atoms with E-state index in [1.807, 2.05) is 20.9 Å². The van der Waals surface area contributed by atoms with Gasteiger partial charge >= 0.3 is 6.03 Å². The number of aromatic nitrogens is 1. The lowest BCUT2D eigenvalue weighted by Crippen LogP contribution is -2.53. The van der Waals surface area contributed by atoms with E-state index in [0.717, 1.165) is 56.2 Å². The molecule has 26 heavy (non-hydrogen) atoms. The zero-order valence-corrected chi connectivity index (χ0v) is 16.9. The average molecular weight is 367 g/mol. The number of aryl methyl sites for hydroxylation is 2. The molecule has 1 saturated heterocycles. The van der Waals surface area contributed by atoms with Gasteiger partial charge in [-0.3, -0.25) is 4.90 Å². The Morgan fingerprint density at radius 3 is 2.46 bits per heavy atom. The Balaban J connectivity index is 1.94. The molecule has 0 spiro atoms. The lowest BCUT2D eigenvalue weighted by Gasteiger charge is -2.39. The van der Waals surface area contributed by atoms with E-state index in [1.165, 1.54) is 0 Å². The second kappa shape index (κ2) is 9.92. The quantitative estimate of drug-likeness (QED) is 0.766. The number of ether oxygens (including phenoxy) is 1. The van der Waals surface area contributed by atoms with Crippen LogP contribution in [-0.2, 0) is 11.3 Å². The summed E-state index contributed by atoms with van der Waals surface area (Å²) in [5, 5.41) is 7.09. The van der Waals surface area contributed by atoms with Crippen molar-refractivity contribution in [3.05, 3.63) is 17.0 Å². The molecule has 2 amide bonds. The minimum Gasteiger partial charge on any atom is -0.379 e. The first kappa shape index (κ1) is 20.7. The molecular formula is C19H34N4O3. The summed E-state index contributed by atoms with van der Waals surface area (Å²) < 4.78 is 10.7. The van der Waals surface area contributed by atoms with Gasteiger partial charge in [-0.2, -0.15) is 0 Å². The third-order valence-corrected chi connectivity index (χ3v) is 5.49. The molecule has 1 fully saturated rings. The first-order valence-corrected chi connectivity index (χ1v) is 9.70. The average Bonchev–Trinajstić information content (AvgIpc) is 2.97. The topological polar surface area (TPSA) is 70.8 Å². The molecule has 2 heterocycles. The summed E-state index contributed by atoms with van der Waals surface area (Å²) in [7, 11) is 1.81. The minimum absolute atomic E-state index is 0.0609. The third-order valence-electron chi connectivity index (χ3n) is 5.49. The maximum Gasteiger partial charge on any atom is 0.317 e. The largest absolute Gasteiger partial charge is 0.379 e. The zero-order chi connectivity index (χ0) is 19.1. The Bertz CT molecular complexity index is 546. The van der Waals surface area contributed by atoms with Crippen molar-refractivity contribution in [1.82, 2.24) is 20.3 Å². The van der Waals surface area contributed by atoms with Crippen LogP contribution in [0.15, 0.2) is 4.52 Å². The maximum absolute atomic E-state index is 12.6. The molecule has 0 bridgehead atoms. The van der Waals surface area contributed by atoms with E-state index in [-0.39, 0.29) is 6.03 Å². The molecule has 1 N–H and O–H groups in total. The number of carbonyl (C=O) groups is 1. The van der Waals surface area contributed by atoms with Gasteiger partial charge in [-0.05, 0) is 19.8 Å². The number of hydrogen-bond acceptors (Lipinski definition) is 5. The molecule has 148 valence electrons. The van der Waals surface area contributed by atoms with Gasteiger partial charge in [0.05, 0.1) is 25.5 Å². The first-order chi connectivity index (χ1) is 12.5. The van der Waals surface area contributed by atoms with Crippen molar-refractivity contribution in [2.45, 2.75) is 53.1 Å². The molecule has 0 aromatic carbocycles. The number of hydrogen-bond donors (Lipinski definition) is 1. The summed E-state index contributed by atoms with van der Waals surface area (Å²) >= 11 is 0. The first-order valence-electron chi connectivity index (χ1n) is 9.70. The van der Waals surface area contributed by atoms with Gasteiger partial charge in [0.25, 0.3) is 0 Å². The standard InChI is InChI=1S/C19H34N4O3/c1-6-16(7-2)18(23-8-10-25-11-9-23)12-20-19(24)22(5)13-17-14(3)21-26-15(17)4/h16,18H,6-13H2,1-5H3,(H,20,24). The summed E-state index contributed by atoms with van der Waals surface area (Å²) in [6.45, 7) is 12.8. The van der Waals surface area contributed by atoms with Gasteiger partial charge in [-0.1, -0.05) is 31.8 Å². The van der Waals surface area contributed by atoms with Crippen LogP contribution in [-0.4, -0.2) is 66.9 Å². The Kier molecular flexibility index (Phi) is 7.90. The molecule has 1 aliphatic rings. The Labute approximate surface area is 157 Å². The molecule has 0 aliphatic carbocycles. The maximum atomic E-state index is 12.6. The van der Waals surface area contributed by atoms with Gasteiger partial charge in [-0.15, -0.1) is 0 Å². The highest BCUT2D eigenvalue weighted by molar-refractivity contribution is 5.73. The van der Waals surface area contributed by atoms with Crippen LogP contribution >= 0.6 is 0 Å². The van der Waals surface area contributed by atoms with E-state index in [1.54, 1.807) is 4.90 Å². The molecule has 1 aromatic heterocycles. The van der Waals surface area contributed by atoms with Crippen LogP contribution < -0.4 is 5.32 Å². The Morgan fingerprint density at radius 2 is 1.92 bits per heavy atom. The highest BCUT2D eigenvalue weighted by Crippen LogP contribution is 2.20. The van der Waals surface area contributed by atoms with Crippen LogP contribution in [0.25, 0.3) is 0 Å². The third kappa shape index (κ3) is 5.20. The highest BCUT2D eigenvalue weighted by Gasteiger charge is 2.27. The molecule has 0 saturated carbocycles. The van der Waals surface area contributed by atoms with Crippen LogP contribution in [0.1, 0.15) is 43.7 Å². The highest BCUT2D eigenvalue weighted by atomic mass is 16.5. The van der Waals surface area contributed by atoms with Crippen LogP contribution in [0.4, 0.5) is 4.79 Å². The normalized spacial score (nSPS) is 16.7. The molecule has 2 rings (SSSR count). The molecule has 1 aromatic rings. The molecule has 1 atom stereocenters. The number of urea groups is 1. The van der Waals surface area contributed by atoms with Crippen molar-refractivity contribution in [3.63, 3.8) is 0 Å². The molecule has 7 nitrogen and oxygen atoms in total. The number of morpholine rings is 1. The zero-order valence-electron chi connectivity index (χ0n) is 16.9. The fraction of sp³-hybridized carbons (Fsp3) is 0.789.